The molecule has 33 heavy (non-hydrogen) atoms. The second kappa shape index (κ2) is 8.66. The summed E-state index contributed by atoms with van der Waals surface area (Å²) in [5, 5.41) is 10.4. The molecule has 0 saturated carbocycles. The van der Waals surface area contributed by atoms with Crippen molar-refractivity contribution in [3.05, 3.63) is 84.6 Å². The Hall–Kier alpha value is -4.33. The standard InChI is InChI=1S/C25H22N6O2/c1-3-16(2)18-9-12-22-21(13-18)30-25(33-22)17-7-10-19(11-8-17)28-24(32)20-5-4-6-23(29-20)31-14-26-27-15-31/h4-16H,3H2,1-2H3,(H,28,32)/t16-/m1/s1. The number of nitrogens with one attached hydrogen (secondary N) is 1. The maximum Gasteiger partial charge on any atom is 0.274 e. The van der Waals surface area contributed by atoms with Crippen molar-refractivity contribution in [2.75, 3.05) is 5.32 Å². The maximum atomic E-state index is 12.7. The van der Waals surface area contributed by atoms with E-state index in [9.17, 15) is 4.79 Å². The molecule has 0 aliphatic heterocycles. The molecule has 5 aromatic rings. The number of pyridine rings is 1. The van der Waals surface area contributed by atoms with Gasteiger partial charge in [-0.2, -0.15) is 0 Å². The van der Waals surface area contributed by atoms with Crippen molar-refractivity contribution in [3.8, 4) is 17.3 Å². The van der Waals surface area contributed by atoms with Crippen LogP contribution in [0.4, 0.5) is 5.69 Å². The SMILES string of the molecule is CC[C@@H](C)c1ccc2oc(-c3ccc(NC(=O)c4cccc(-n5cnnc5)n4)cc3)nc2c1. The zero-order valence-electron chi connectivity index (χ0n) is 18.3. The average Bonchev–Trinajstić information content (AvgIpc) is 3.54. The number of hydrogen-bond acceptors (Lipinski definition) is 6. The van der Waals surface area contributed by atoms with Crippen LogP contribution in [0.15, 0.2) is 77.7 Å². The van der Waals surface area contributed by atoms with Crippen molar-refractivity contribution in [3.63, 3.8) is 0 Å². The van der Waals surface area contributed by atoms with Crippen molar-refractivity contribution in [1.82, 2.24) is 24.7 Å². The Labute approximate surface area is 190 Å². The molecule has 8 heteroatoms. The quantitative estimate of drug-likeness (QED) is 0.389. The van der Waals surface area contributed by atoms with Crippen LogP contribution in [0.3, 0.4) is 0 Å². The third-order valence-corrected chi connectivity index (χ3v) is 5.63. The summed E-state index contributed by atoms with van der Waals surface area (Å²) in [6.07, 6.45) is 4.13. The van der Waals surface area contributed by atoms with E-state index in [-0.39, 0.29) is 5.91 Å². The molecule has 1 amide bonds. The molecule has 2 aromatic carbocycles. The van der Waals surface area contributed by atoms with E-state index >= 15 is 0 Å². The highest BCUT2D eigenvalue weighted by Gasteiger charge is 2.13. The number of hydrogen-bond donors (Lipinski definition) is 1. The summed E-state index contributed by atoms with van der Waals surface area (Å²) in [6.45, 7) is 4.38. The molecule has 1 atom stereocenters. The molecule has 1 N–H and O–H groups in total. The van der Waals surface area contributed by atoms with Gasteiger partial charge in [-0.25, -0.2) is 9.97 Å². The Balaban J connectivity index is 1.33. The van der Waals surface area contributed by atoms with E-state index in [1.54, 1.807) is 22.8 Å². The molecule has 3 heterocycles. The highest BCUT2D eigenvalue weighted by atomic mass is 16.3. The van der Waals surface area contributed by atoms with Crippen LogP contribution in [0.25, 0.3) is 28.4 Å². The second-order valence-electron chi connectivity index (χ2n) is 7.84. The summed E-state index contributed by atoms with van der Waals surface area (Å²) < 4.78 is 7.58. The van der Waals surface area contributed by atoms with Crippen LogP contribution in [0.2, 0.25) is 0 Å². The molecule has 0 aliphatic rings. The van der Waals surface area contributed by atoms with Gasteiger partial charge in [-0.1, -0.05) is 26.0 Å². The second-order valence-corrected chi connectivity index (χ2v) is 7.84. The molecule has 164 valence electrons. The first-order valence-electron chi connectivity index (χ1n) is 10.7. The zero-order chi connectivity index (χ0) is 22.8. The lowest BCUT2D eigenvalue weighted by molar-refractivity contribution is 0.102. The van der Waals surface area contributed by atoms with Gasteiger partial charge in [0, 0.05) is 11.3 Å². The minimum absolute atomic E-state index is 0.293. The van der Waals surface area contributed by atoms with Crippen LogP contribution in [0, 0.1) is 0 Å². The molecule has 0 bridgehead atoms. The molecule has 8 nitrogen and oxygen atoms in total. The van der Waals surface area contributed by atoms with Crippen LogP contribution in [0.1, 0.15) is 42.2 Å². The van der Waals surface area contributed by atoms with Gasteiger partial charge in [-0.3, -0.25) is 9.36 Å². The van der Waals surface area contributed by atoms with E-state index in [2.05, 4.69) is 51.5 Å². The van der Waals surface area contributed by atoms with Gasteiger partial charge in [0.1, 0.15) is 29.7 Å². The van der Waals surface area contributed by atoms with Gasteiger partial charge in [0.2, 0.25) is 5.89 Å². The summed E-state index contributed by atoms with van der Waals surface area (Å²) in [7, 11) is 0. The smallest absolute Gasteiger partial charge is 0.274 e. The van der Waals surface area contributed by atoms with E-state index < -0.39 is 0 Å². The maximum absolute atomic E-state index is 12.7. The molecule has 3 aromatic heterocycles. The minimum Gasteiger partial charge on any atom is -0.436 e. The first kappa shape index (κ1) is 20.6. The van der Waals surface area contributed by atoms with Gasteiger partial charge in [0.15, 0.2) is 5.58 Å². The predicted molar refractivity (Wildman–Crippen MR) is 125 cm³/mol. The normalized spacial score (nSPS) is 12.1. The molecule has 0 aliphatic carbocycles. The number of fused-ring (bicyclic) bond motifs is 1. The molecule has 0 saturated heterocycles. The molecule has 0 spiro atoms. The van der Waals surface area contributed by atoms with E-state index in [1.807, 2.05) is 30.3 Å². The van der Waals surface area contributed by atoms with Gasteiger partial charge >= 0.3 is 0 Å². The van der Waals surface area contributed by atoms with Crippen LogP contribution >= 0.6 is 0 Å². The Kier molecular flexibility index (Phi) is 5.40. The fourth-order valence-corrected chi connectivity index (χ4v) is 3.51. The zero-order valence-corrected chi connectivity index (χ0v) is 18.3. The Morgan fingerprint density at radius 3 is 2.58 bits per heavy atom. The monoisotopic (exact) mass is 438 g/mol. The number of aromatic nitrogens is 5. The third kappa shape index (κ3) is 4.23. The molecule has 0 radical (unpaired) electrons. The van der Waals surface area contributed by atoms with Crippen molar-refractivity contribution >= 4 is 22.7 Å². The largest absolute Gasteiger partial charge is 0.436 e. The molecular formula is C25H22N6O2. The van der Waals surface area contributed by atoms with Crippen molar-refractivity contribution in [1.29, 1.82) is 0 Å². The summed E-state index contributed by atoms with van der Waals surface area (Å²) in [6, 6.07) is 18.7. The number of benzene rings is 2. The summed E-state index contributed by atoms with van der Waals surface area (Å²) in [4.78, 5) is 21.7. The predicted octanol–water partition coefficient (Wildman–Crippen LogP) is 5.24. The highest BCUT2D eigenvalue weighted by molar-refractivity contribution is 6.03. The molecule has 0 fully saturated rings. The van der Waals surface area contributed by atoms with Gasteiger partial charge in [-0.05, 0) is 66.4 Å². The topological polar surface area (TPSA) is 98.7 Å². The first-order valence-corrected chi connectivity index (χ1v) is 10.7. The fraction of sp³-hybridized carbons (Fsp3) is 0.160. The summed E-state index contributed by atoms with van der Waals surface area (Å²) in [5.74, 6) is 1.28. The molecular weight excluding hydrogens is 416 g/mol. The van der Waals surface area contributed by atoms with E-state index in [4.69, 9.17) is 4.42 Å². The average molecular weight is 438 g/mol. The minimum atomic E-state index is -0.308. The van der Waals surface area contributed by atoms with Gasteiger partial charge < -0.3 is 9.73 Å². The number of oxazole rings is 1. The Morgan fingerprint density at radius 1 is 1.03 bits per heavy atom. The number of anilines is 1. The number of carbonyl (C=O) groups excluding carboxylic acids is 1. The van der Waals surface area contributed by atoms with Crippen molar-refractivity contribution < 1.29 is 9.21 Å². The van der Waals surface area contributed by atoms with E-state index in [1.165, 1.54) is 18.2 Å². The Morgan fingerprint density at radius 2 is 1.82 bits per heavy atom. The molecule has 5 rings (SSSR count). The highest BCUT2D eigenvalue weighted by Crippen LogP contribution is 2.28. The number of amides is 1. The van der Waals surface area contributed by atoms with Crippen LogP contribution in [-0.2, 0) is 0 Å². The lowest BCUT2D eigenvalue weighted by Gasteiger charge is -2.07. The van der Waals surface area contributed by atoms with Crippen molar-refractivity contribution in [2.45, 2.75) is 26.2 Å². The molecule has 0 unspecified atom stereocenters. The fourth-order valence-electron chi connectivity index (χ4n) is 3.51. The Bertz CT molecular complexity index is 1410. The van der Waals surface area contributed by atoms with Crippen LogP contribution < -0.4 is 5.32 Å². The van der Waals surface area contributed by atoms with E-state index in [0.29, 0.717) is 29.0 Å². The third-order valence-electron chi connectivity index (χ3n) is 5.63. The van der Waals surface area contributed by atoms with E-state index in [0.717, 1.165) is 23.1 Å². The van der Waals surface area contributed by atoms with Crippen LogP contribution in [-0.4, -0.2) is 30.6 Å². The number of rotatable bonds is 6. The van der Waals surface area contributed by atoms with Crippen molar-refractivity contribution in [2.24, 2.45) is 0 Å². The lowest BCUT2D eigenvalue weighted by Crippen LogP contribution is -2.14. The summed E-state index contributed by atoms with van der Waals surface area (Å²) in [5.41, 5.74) is 4.64. The number of nitrogens with zero attached hydrogens (tertiary/aromatic N) is 5. The summed E-state index contributed by atoms with van der Waals surface area (Å²) >= 11 is 0. The first-order chi connectivity index (χ1) is 16.1. The van der Waals surface area contributed by atoms with Gasteiger partial charge in [-0.15, -0.1) is 10.2 Å². The van der Waals surface area contributed by atoms with Crippen LogP contribution in [0.5, 0.6) is 0 Å². The van der Waals surface area contributed by atoms with Gasteiger partial charge in [0.25, 0.3) is 5.91 Å². The number of carbonyl (C=O) groups is 1. The van der Waals surface area contributed by atoms with Gasteiger partial charge in [0.05, 0.1) is 0 Å². The lowest BCUT2D eigenvalue weighted by atomic mass is 9.98.